The van der Waals surface area contributed by atoms with Gasteiger partial charge in [-0.05, 0) is 32.2 Å². The molecule has 1 heterocycles. The monoisotopic (exact) mass is 215 g/mol. The highest BCUT2D eigenvalue weighted by Gasteiger charge is 2.24. The molecule has 1 rings (SSSR count). The normalized spacial score (nSPS) is 28.6. The van der Waals surface area contributed by atoms with Crippen molar-refractivity contribution in [3.63, 3.8) is 0 Å². The third-order valence-corrected chi connectivity index (χ3v) is 3.07. The molecule has 15 heavy (non-hydrogen) atoms. The van der Waals surface area contributed by atoms with Gasteiger partial charge in [0.25, 0.3) is 0 Å². The molecular formula is C12H25NO2. The lowest BCUT2D eigenvalue weighted by Crippen LogP contribution is -2.49. The van der Waals surface area contributed by atoms with Crippen LogP contribution in [0.1, 0.15) is 33.6 Å². The molecule has 0 radical (unpaired) electrons. The Kier molecular flexibility index (Phi) is 5.58. The standard InChI is InChI=1S/C12H25NO2/c1-10(2)5-4-6-13-7-12(8-14)15-9-11(13)3/h10-12,14H,4-9H2,1-3H3. The smallest absolute Gasteiger partial charge is 0.0933 e. The average molecular weight is 215 g/mol. The number of hydrogen-bond donors (Lipinski definition) is 1. The van der Waals surface area contributed by atoms with Gasteiger partial charge in [0.2, 0.25) is 0 Å². The topological polar surface area (TPSA) is 32.7 Å². The van der Waals surface area contributed by atoms with Crippen molar-refractivity contribution < 1.29 is 9.84 Å². The largest absolute Gasteiger partial charge is 0.394 e. The summed E-state index contributed by atoms with van der Waals surface area (Å²) in [7, 11) is 0. The SMILES string of the molecule is CC(C)CCCN1CC(CO)OCC1C. The molecule has 3 nitrogen and oxygen atoms in total. The van der Waals surface area contributed by atoms with Crippen molar-refractivity contribution in [1.82, 2.24) is 4.90 Å². The highest BCUT2D eigenvalue weighted by Crippen LogP contribution is 2.13. The predicted octanol–water partition coefficient (Wildman–Crippen LogP) is 1.50. The number of hydrogen-bond acceptors (Lipinski definition) is 3. The van der Waals surface area contributed by atoms with Crippen LogP contribution in [0.15, 0.2) is 0 Å². The Hall–Kier alpha value is -0.120. The maximum absolute atomic E-state index is 9.06. The van der Waals surface area contributed by atoms with Gasteiger partial charge in [-0.2, -0.15) is 0 Å². The van der Waals surface area contributed by atoms with Gasteiger partial charge in [-0.25, -0.2) is 0 Å². The number of aliphatic hydroxyl groups is 1. The number of nitrogens with zero attached hydrogens (tertiary/aromatic N) is 1. The predicted molar refractivity (Wildman–Crippen MR) is 61.9 cm³/mol. The fourth-order valence-electron chi connectivity index (χ4n) is 2.00. The van der Waals surface area contributed by atoms with Crippen LogP contribution in [0, 0.1) is 5.92 Å². The zero-order valence-corrected chi connectivity index (χ0v) is 10.3. The van der Waals surface area contributed by atoms with E-state index in [2.05, 4.69) is 25.7 Å². The lowest BCUT2D eigenvalue weighted by Gasteiger charge is -2.37. The lowest BCUT2D eigenvalue weighted by atomic mass is 10.1. The Morgan fingerprint density at radius 1 is 1.47 bits per heavy atom. The number of ether oxygens (including phenoxy) is 1. The Balaban J connectivity index is 2.25. The molecule has 1 saturated heterocycles. The summed E-state index contributed by atoms with van der Waals surface area (Å²) in [5.74, 6) is 0.787. The van der Waals surface area contributed by atoms with Crippen LogP contribution in [0.25, 0.3) is 0 Å². The summed E-state index contributed by atoms with van der Waals surface area (Å²) in [5, 5.41) is 9.06. The molecule has 0 bridgehead atoms. The van der Waals surface area contributed by atoms with Crippen molar-refractivity contribution in [1.29, 1.82) is 0 Å². The molecule has 0 aliphatic carbocycles. The van der Waals surface area contributed by atoms with Crippen LogP contribution in [0.3, 0.4) is 0 Å². The van der Waals surface area contributed by atoms with Gasteiger partial charge in [0.05, 0.1) is 19.3 Å². The van der Waals surface area contributed by atoms with E-state index in [0.717, 1.165) is 25.6 Å². The second-order valence-electron chi connectivity index (χ2n) is 5.02. The molecular weight excluding hydrogens is 190 g/mol. The molecule has 1 aliphatic heterocycles. The zero-order valence-electron chi connectivity index (χ0n) is 10.3. The van der Waals surface area contributed by atoms with Crippen molar-refractivity contribution in [3.05, 3.63) is 0 Å². The minimum absolute atomic E-state index is 0.0280. The van der Waals surface area contributed by atoms with Crippen LogP contribution in [0.4, 0.5) is 0 Å². The summed E-state index contributed by atoms with van der Waals surface area (Å²) >= 11 is 0. The van der Waals surface area contributed by atoms with E-state index in [4.69, 9.17) is 9.84 Å². The molecule has 2 unspecified atom stereocenters. The third-order valence-electron chi connectivity index (χ3n) is 3.07. The maximum atomic E-state index is 9.06. The summed E-state index contributed by atoms with van der Waals surface area (Å²) in [4.78, 5) is 2.44. The molecule has 2 atom stereocenters. The Morgan fingerprint density at radius 3 is 2.80 bits per heavy atom. The fourth-order valence-corrected chi connectivity index (χ4v) is 2.00. The second-order valence-corrected chi connectivity index (χ2v) is 5.02. The molecule has 0 spiro atoms. The van der Waals surface area contributed by atoms with E-state index >= 15 is 0 Å². The van der Waals surface area contributed by atoms with Crippen LogP contribution >= 0.6 is 0 Å². The molecule has 0 saturated carbocycles. The fraction of sp³-hybridized carbons (Fsp3) is 1.00. The maximum Gasteiger partial charge on any atom is 0.0933 e. The number of morpholine rings is 1. The highest BCUT2D eigenvalue weighted by molar-refractivity contribution is 4.76. The molecule has 0 aromatic carbocycles. The molecule has 1 fully saturated rings. The van der Waals surface area contributed by atoms with Gasteiger partial charge in [0.15, 0.2) is 0 Å². The van der Waals surface area contributed by atoms with Crippen LogP contribution in [0.2, 0.25) is 0 Å². The Labute approximate surface area is 93.4 Å². The van der Waals surface area contributed by atoms with E-state index in [1.54, 1.807) is 0 Å². The quantitative estimate of drug-likeness (QED) is 0.754. The van der Waals surface area contributed by atoms with Gasteiger partial charge in [-0.3, -0.25) is 4.90 Å². The van der Waals surface area contributed by atoms with Crippen molar-refractivity contribution in [2.24, 2.45) is 5.92 Å². The van der Waals surface area contributed by atoms with Crippen molar-refractivity contribution in [3.8, 4) is 0 Å². The van der Waals surface area contributed by atoms with E-state index in [-0.39, 0.29) is 12.7 Å². The van der Waals surface area contributed by atoms with E-state index in [1.165, 1.54) is 12.8 Å². The van der Waals surface area contributed by atoms with Gasteiger partial charge in [-0.1, -0.05) is 13.8 Å². The molecule has 0 aromatic rings. The molecule has 0 amide bonds. The van der Waals surface area contributed by atoms with Gasteiger partial charge in [-0.15, -0.1) is 0 Å². The Bertz CT molecular complexity index is 173. The summed E-state index contributed by atoms with van der Waals surface area (Å²) in [6.45, 7) is 9.65. The van der Waals surface area contributed by atoms with Gasteiger partial charge in [0, 0.05) is 12.6 Å². The van der Waals surface area contributed by atoms with E-state index in [9.17, 15) is 0 Å². The van der Waals surface area contributed by atoms with Gasteiger partial charge < -0.3 is 9.84 Å². The van der Waals surface area contributed by atoms with Crippen molar-refractivity contribution in [2.75, 3.05) is 26.3 Å². The summed E-state index contributed by atoms with van der Waals surface area (Å²) in [5.41, 5.74) is 0. The molecule has 0 aromatic heterocycles. The van der Waals surface area contributed by atoms with Gasteiger partial charge in [0.1, 0.15) is 0 Å². The summed E-state index contributed by atoms with van der Waals surface area (Å²) in [6, 6.07) is 0.500. The molecule has 1 aliphatic rings. The number of rotatable bonds is 5. The molecule has 1 N–H and O–H groups in total. The van der Waals surface area contributed by atoms with Gasteiger partial charge >= 0.3 is 0 Å². The first kappa shape index (κ1) is 12.9. The summed E-state index contributed by atoms with van der Waals surface area (Å²) in [6.07, 6.45) is 2.56. The lowest BCUT2D eigenvalue weighted by molar-refractivity contribution is -0.0781. The zero-order chi connectivity index (χ0) is 11.3. The van der Waals surface area contributed by atoms with E-state index in [0.29, 0.717) is 6.04 Å². The minimum atomic E-state index is 0.0280. The highest BCUT2D eigenvalue weighted by atomic mass is 16.5. The Morgan fingerprint density at radius 2 is 2.20 bits per heavy atom. The van der Waals surface area contributed by atoms with Crippen LogP contribution in [-0.2, 0) is 4.74 Å². The average Bonchev–Trinajstić information content (AvgIpc) is 2.20. The summed E-state index contributed by atoms with van der Waals surface area (Å²) < 4.78 is 5.51. The number of aliphatic hydroxyl groups excluding tert-OH is 1. The molecule has 3 heteroatoms. The minimum Gasteiger partial charge on any atom is -0.394 e. The van der Waals surface area contributed by atoms with Crippen LogP contribution in [-0.4, -0.2) is 48.5 Å². The van der Waals surface area contributed by atoms with Crippen molar-refractivity contribution >= 4 is 0 Å². The first-order valence-corrected chi connectivity index (χ1v) is 6.10. The van der Waals surface area contributed by atoms with Crippen LogP contribution < -0.4 is 0 Å². The van der Waals surface area contributed by atoms with E-state index < -0.39 is 0 Å². The van der Waals surface area contributed by atoms with E-state index in [1.807, 2.05) is 0 Å². The third kappa shape index (κ3) is 4.49. The molecule has 90 valence electrons. The van der Waals surface area contributed by atoms with Crippen molar-refractivity contribution in [2.45, 2.75) is 45.8 Å². The van der Waals surface area contributed by atoms with Crippen LogP contribution in [0.5, 0.6) is 0 Å². The first-order valence-electron chi connectivity index (χ1n) is 6.10. The first-order chi connectivity index (χ1) is 7.13. The second kappa shape index (κ2) is 6.46.